The number of nitro groups is 1. The monoisotopic (exact) mass is 321 g/mol. The van der Waals surface area contributed by atoms with E-state index in [1.165, 1.54) is 6.07 Å². The third-order valence-corrected chi connectivity index (χ3v) is 4.18. The molecule has 1 aliphatic heterocycles. The van der Waals surface area contributed by atoms with E-state index in [9.17, 15) is 14.9 Å². The van der Waals surface area contributed by atoms with Crippen LogP contribution in [0.2, 0.25) is 0 Å². The summed E-state index contributed by atoms with van der Waals surface area (Å²) in [6.07, 6.45) is 2.19. The number of hydrogen-bond donors (Lipinski definition) is 0. The first-order valence-electron chi connectivity index (χ1n) is 7.79. The normalized spacial score (nSPS) is 15.7. The Kier molecular flexibility index (Phi) is 5.92. The van der Waals surface area contributed by atoms with Crippen molar-refractivity contribution in [1.82, 2.24) is 9.80 Å². The number of amides is 1. The Morgan fingerprint density at radius 2 is 2.00 bits per heavy atom. The largest absolute Gasteiger partial charge is 0.486 e. The molecule has 0 atom stereocenters. The summed E-state index contributed by atoms with van der Waals surface area (Å²) in [6.45, 7) is 1.66. The molecular weight excluding hydrogens is 298 g/mol. The second kappa shape index (κ2) is 7.92. The number of para-hydroxylation sites is 2. The van der Waals surface area contributed by atoms with Gasteiger partial charge >= 0.3 is 5.69 Å². The van der Waals surface area contributed by atoms with E-state index in [1.807, 2.05) is 4.90 Å². The Balaban J connectivity index is 1.79. The van der Waals surface area contributed by atoms with Crippen molar-refractivity contribution in [1.29, 1.82) is 0 Å². The van der Waals surface area contributed by atoms with Gasteiger partial charge in [0.05, 0.1) is 18.0 Å². The minimum atomic E-state index is -0.483. The predicted octanol–water partition coefficient (Wildman–Crippen LogP) is 1.92. The second-order valence-corrected chi connectivity index (χ2v) is 5.90. The molecule has 1 heterocycles. The molecule has 0 spiro atoms. The molecule has 1 aromatic carbocycles. The molecule has 0 unspecified atom stereocenters. The fraction of sp³-hybridized carbons (Fsp3) is 0.562. The molecule has 0 aromatic heterocycles. The van der Waals surface area contributed by atoms with Crippen LogP contribution in [0.1, 0.15) is 19.3 Å². The molecule has 1 saturated heterocycles. The van der Waals surface area contributed by atoms with Crippen LogP contribution in [0.15, 0.2) is 24.3 Å². The van der Waals surface area contributed by atoms with Crippen molar-refractivity contribution < 1.29 is 14.5 Å². The minimum absolute atomic E-state index is 0.0424. The van der Waals surface area contributed by atoms with Gasteiger partial charge in [0.15, 0.2) is 5.75 Å². The highest BCUT2D eigenvalue weighted by Gasteiger charge is 2.23. The molecule has 126 valence electrons. The van der Waals surface area contributed by atoms with E-state index >= 15 is 0 Å². The number of rotatable bonds is 6. The quantitative estimate of drug-likeness (QED) is 0.591. The summed E-state index contributed by atoms with van der Waals surface area (Å²) >= 11 is 0. The number of likely N-dealkylation sites (tertiary alicyclic amines) is 1. The molecule has 7 heteroatoms. The maximum Gasteiger partial charge on any atom is 0.310 e. The molecule has 0 aliphatic carbocycles. The van der Waals surface area contributed by atoms with Crippen molar-refractivity contribution >= 4 is 11.6 Å². The standard InChI is InChI=1S/C16H23N3O4/c1-17(2)13-7-10-18(11-8-13)16(20)9-12-23-15-6-4-3-5-14(15)19(21)22/h3-6,13H,7-12H2,1-2H3. The van der Waals surface area contributed by atoms with Crippen molar-refractivity contribution in [3.63, 3.8) is 0 Å². The maximum atomic E-state index is 12.2. The zero-order valence-corrected chi connectivity index (χ0v) is 13.6. The smallest absolute Gasteiger partial charge is 0.310 e. The SMILES string of the molecule is CN(C)C1CCN(C(=O)CCOc2ccccc2[N+](=O)[O-])CC1. The van der Waals surface area contributed by atoms with Gasteiger partial charge in [-0.2, -0.15) is 0 Å². The fourth-order valence-corrected chi connectivity index (χ4v) is 2.77. The minimum Gasteiger partial charge on any atom is -0.486 e. The Morgan fingerprint density at radius 1 is 1.35 bits per heavy atom. The third-order valence-electron chi connectivity index (χ3n) is 4.18. The molecule has 7 nitrogen and oxygen atoms in total. The van der Waals surface area contributed by atoms with Gasteiger partial charge in [0.2, 0.25) is 5.91 Å². The number of piperidine rings is 1. The van der Waals surface area contributed by atoms with Gasteiger partial charge in [-0.1, -0.05) is 12.1 Å². The van der Waals surface area contributed by atoms with E-state index < -0.39 is 4.92 Å². The molecule has 0 radical (unpaired) electrons. The molecule has 1 aliphatic rings. The van der Waals surface area contributed by atoms with E-state index in [2.05, 4.69) is 19.0 Å². The number of benzene rings is 1. The average molecular weight is 321 g/mol. The number of ether oxygens (including phenoxy) is 1. The summed E-state index contributed by atoms with van der Waals surface area (Å²) in [5.74, 6) is 0.248. The molecule has 0 bridgehead atoms. The highest BCUT2D eigenvalue weighted by atomic mass is 16.6. The Hall–Kier alpha value is -2.15. The van der Waals surface area contributed by atoms with Gasteiger partial charge in [-0.15, -0.1) is 0 Å². The zero-order valence-electron chi connectivity index (χ0n) is 13.6. The third kappa shape index (κ3) is 4.66. The molecule has 1 aromatic rings. The number of carbonyl (C=O) groups excluding carboxylic acids is 1. The van der Waals surface area contributed by atoms with Crippen molar-refractivity contribution in [2.24, 2.45) is 0 Å². The molecule has 1 fully saturated rings. The van der Waals surface area contributed by atoms with Gasteiger partial charge in [-0.3, -0.25) is 14.9 Å². The van der Waals surface area contributed by atoms with Crippen molar-refractivity contribution in [2.75, 3.05) is 33.8 Å². The van der Waals surface area contributed by atoms with Crippen LogP contribution in [-0.2, 0) is 4.79 Å². The predicted molar refractivity (Wildman–Crippen MR) is 86.5 cm³/mol. The molecule has 23 heavy (non-hydrogen) atoms. The fourth-order valence-electron chi connectivity index (χ4n) is 2.77. The summed E-state index contributed by atoms with van der Waals surface area (Å²) in [4.78, 5) is 26.6. The number of hydrogen-bond acceptors (Lipinski definition) is 5. The molecular formula is C16H23N3O4. The highest BCUT2D eigenvalue weighted by Crippen LogP contribution is 2.26. The zero-order chi connectivity index (χ0) is 16.8. The lowest BCUT2D eigenvalue weighted by Gasteiger charge is -2.35. The van der Waals surface area contributed by atoms with Crippen molar-refractivity contribution in [2.45, 2.75) is 25.3 Å². The number of nitrogens with zero attached hydrogens (tertiary/aromatic N) is 3. The van der Waals surface area contributed by atoms with Gasteiger partial charge in [0, 0.05) is 25.2 Å². The number of carbonyl (C=O) groups is 1. The van der Waals surface area contributed by atoms with Crippen LogP contribution >= 0.6 is 0 Å². The summed E-state index contributed by atoms with van der Waals surface area (Å²) in [7, 11) is 4.12. The summed E-state index contributed by atoms with van der Waals surface area (Å²) < 4.78 is 5.42. The highest BCUT2D eigenvalue weighted by molar-refractivity contribution is 5.76. The first-order valence-corrected chi connectivity index (χ1v) is 7.79. The second-order valence-electron chi connectivity index (χ2n) is 5.90. The molecule has 2 rings (SSSR count). The lowest BCUT2D eigenvalue weighted by molar-refractivity contribution is -0.385. The van der Waals surface area contributed by atoms with Gasteiger partial charge in [-0.25, -0.2) is 0 Å². The molecule has 1 amide bonds. The van der Waals surface area contributed by atoms with Gasteiger partial charge in [-0.05, 0) is 33.0 Å². The topological polar surface area (TPSA) is 75.9 Å². The summed E-state index contributed by atoms with van der Waals surface area (Å²) in [6, 6.07) is 6.73. The Morgan fingerprint density at radius 3 is 2.61 bits per heavy atom. The van der Waals surface area contributed by atoms with Gasteiger partial charge in [0.1, 0.15) is 0 Å². The van der Waals surface area contributed by atoms with E-state index in [0.29, 0.717) is 6.04 Å². The van der Waals surface area contributed by atoms with Crippen LogP contribution in [0, 0.1) is 10.1 Å². The lowest BCUT2D eigenvalue weighted by Crippen LogP contribution is -2.44. The van der Waals surface area contributed by atoms with E-state index in [4.69, 9.17) is 4.74 Å². The van der Waals surface area contributed by atoms with Gasteiger partial charge in [0.25, 0.3) is 0 Å². The van der Waals surface area contributed by atoms with Crippen LogP contribution < -0.4 is 4.74 Å². The van der Waals surface area contributed by atoms with Crippen LogP contribution in [0.3, 0.4) is 0 Å². The summed E-state index contributed by atoms with van der Waals surface area (Å²) in [5.41, 5.74) is -0.0771. The van der Waals surface area contributed by atoms with Crippen molar-refractivity contribution in [3.05, 3.63) is 34.4 Å². The Labute approximate surface area is 136 Å². The van der Waals surface area contributed by atoms with E-state index in [0.717, 1.165) is 25.9 Å². The molecule has 0 saturated carbocycles. The first kappa shape index (κ1) is 17.2. The van der Waals surface area contributed by atoms with Crippen LogP contribution in [-0.4, -0.2) is 60.5 Å². The van der Waals surface area contributed by atoms with Crippen molar-refractivity contribution in [3.8, 4) is 5.75 Å². The van der Waals surface area contributed by atoms with E-state index in [1.54, 1.807) is 18.2 Å². The van der Waals surface area contributed by atoms with Gasteiger partial charge < -0.3 is 14.5 Å². The first-order chi connectivity index (χ1) is 11.0. The molecule has 0 N–H and O–H groups in total. The average Bonchev–Trinajstić information content (AvgIpc) is 2.55. The maximum absolute atomic E-state index is 12.2. The lowest BCUT2D eigenvalue weighted by atomic mass is 10.0. The summed E-state index contributed by atoms with van der Waals surface area (Å²) in [5, 5.41) is 10.9. The van der Waals surface area contributed by atoms with E-state index in [-0.39, 0.29) is 30.4 Å². The van der Waals surface area contributed by atoms with Crippen LogP contribution in [0.4, 0.5) is 5.69 Å². The van der Waals surface area contributed by atoms with Crippen LogP contribution in [0.5, 0.6) is 5.75 Å². The number of nitro benzene ring substituents is 1. The van der Waals surface area contributed by atoms with Crippen LogP contribution in [0.25, 0.3) is 0 Å². The Bertz CT molecular complexity index is 554.